The number of hydrogen-bond donors (Lipinski definition) is 3. The van der Waals surface area contributed by atoms with E-state index in [2.05, 4.69) is 14.8 Å². The zero-order valence-corrected chi connectivity index (χ0v) is 25.5. The minimum absolute atomic E-state index is 0.0393. The van der Waals surface area contributed by atoms with Crippen molar-refractivity contribution in [3.05, 3.63) is 107 Å². The van der Waals surface area contributed by atoms with Crippen molar-refractivity contribution in [3.63, 3.8) is 0 Å². The normalized spacial score (nSPS) is 14.5. The molecule has 224 valence electrons. The molecular formula is C30H28ClN3O7S2. The molecule has 4 aromatic rings. The number of amides is 1. The summed E-state index contributed by atoms with van der Waals surface area (Å²) >= 11 is 5.89. The van der Waals surface area contributed by atoms with Gasteiger partial charge in [0.25, 0.3) is 15.9 Å². The number of sulfonamides is 2. The summed E-state index contributed by atoms with van der Waals surface area (Å²) < 4.78 is 68.2. The Morgan fingerprint density at radius 3 is 2.09 bits per heavy atom. The molecule has 5 rings (SSSR count). The van der Waals surface area contributed by atoms with Crippen LogP contribution in [0.4, 0.5) is 11.4 Å². The monoisotopic (exact) mass is 641 g/mol. The Balaban J connectivity index is 1.37. The number of halogens is 1. The zero-order chi connectivity index (χ0) is 30.8. The maximum Gasteiger partial charge on any atom is 0.261 e. The summed E-state index contributed by atoms with van der Waals surface area (Å²) in [6.07, 6.45) is 1.46. The third-order valence-electron chi connectivity index (χ3n) is 6.99. The Kier molecular flexibility index (Phi) is 8.65. The highest BCUT2D eigenvalue weighted by Crippen LogP contribution is 2.35. The molecule has 1 unspecified atom stereocenters. The maximum atomic E-state index is 13.4. The van der Waals surface area contributed by atoms with Crippen molar-refractivity contribution in [1.82, 2.24) is 4.72 Å². The van der Waals surface area contributed by atoms with Crippen LogP contribution in [-0.4, -0.2) is 37.0 Å². The van der Waals surface area contributed by atoms with Crippen molar-refractivity contribution in [2.45, 2.75) is 28.7 Å². The van der Waals surface area contributed by atoms with E-state index < -0.39 is 26.0 Å². The lowest BCUT2D eigenvalue weighted by molar-refractivity contribution is 0.102. The van der Waals surface area contributed by atoms with Crippen LogP contribution in [0.15, 0.2) is 94.7 Å². The molecule has 0 aliphatic heterocycles. The molecule has 13 heteroatoms. The van der Waals surface area contributed by atoms with E-state index in [1.807, 2.05) is 24.3 Å². The second-order valence-electron chi connectivity index (χ2n) is 9.70. The summed E-state index contributed by atoms with van der Waals surface area (Å²) in [7, 11) is -5.18. The number of benzene rings is 4. The molecule has 0 heterocycles. The molecule has 0 aromatic heterocycles. The van der Waals surface area contributed by atoms with Gasteiger partial charge in [-0.1, -0.05) is 35.9 Å². The number of aryl methyl sites for hydroxylation is 1. The SMILES string of the molecule is COc1cc(NS(=O)(=O)c2ccc(Cl)cc2)c(C(=O)Nc2ccc(S(=O)(=O)NC3CCc4ccccc43)cc2)cc1OC. The fourth-order valence-electron chi connectivity index (χ4n) is 4.82. The van der Waals surface area contributed by atoms with Crippen LogP contribution in [0.2, 0.25) is 5.02 Å². The first-order valence-corrected chi connectivity index (χ1v) is 16.4. The maximum absolute atomic E-state index is 13.4. The topological polar surface area (TPSA) is 140 Å². The molecule has 0 radical (unpaired) electrons. The van der Waals surface area contributed by atoms with Gasteiger partial charge in [0.1, 0.15) is 0 Å². The molecule has 43 heavy (non-hydrogen) atoms. The molecule has 0 saturated carbocycles. The largest absolute Gasteiger partial charge is 0.493 e. The highest BCUT2D eigenvalue weighted by atomic mass is 35.5. The number of carbonyl (C=O) groups excluding carboxylic acids is 1. The summed E-state index contributed by atoms with van der Waals surface area (Å²) in [4.78, 5) is 13.4. The van der Waals surface area contributed by atoms with Crippen LogP contribution in [0.1, 0.15) is 33.9 Å². The van der Waals surface area contributed by atoms with Gasteiger partial charge in [-0.3, -0.25) is 9.52 Å². The lowest BCUT2D eigenvalue weighted by Crippen LogP contribution is -2.27. The molecule has 0 spiro atoms. The predicted molar refractivity (Wildman–Crippen MR) is 164 cm³/mol. The Hall–Kier alpha value is -4.10. The van der Waals surface area contributed by atoms with Gasteiger partial charge in [0.05, 0.1) is 35.3 Å². The van der Waals surface area contributed by atoms with Crippen LogP contribution < -0.4 is 24.2 Å². The number of hydrogen-bond acceptors (Lipinski definition) is 7. The van der Waals surface area contributed by atoms with Gasteiger partial charge in [-0.2, -0.15) is 0 Å². The average molecular weight is 642 g/mol. The van der Waals surface area contributed by atoms with E-state index >= 15 is 0 Å². The van der Waals surface area contributed by atoms with Crippen LogP contribution in [0.3, 0.4) is 0 Å². The first-order valence-electron chi connectivity index (χ1n) is 13.1. The van der Waals surface area contributed by atoms with Gasteiger partial charge >= 0.3 is 0 Å². The van der Waals surface area contributed by atoms with Crippen molar-refractivity contribution < 1.29 is 31.1 Å². The number of methoxy groups -OCH3 is 2. The zero-order valence-electron chi connectivity index (χ0n) is 23.1. The summed E-state index contributed by atoms with van der Waals surface area (Å²) in [5.41, 5.74) is 2.25. The Labute approximate surface area is 255 Å². The van der Waals surface area contributed by atoms with E-state index in [0.29, 0.717) is 11.4 Å². The highest BCUT2D eigenvalue weighted by molar-refractivity contribution is 7.92. The number of carbonyl (C=O) groups is 1. The lowest BCUT2D eigenvalue weighted by atomic mass is 10.1. The van der Waals surface area contributed by atoms with E-state index in [0.717, 1.165) is 17.5 Å². The number of nitrogens with one attached hydrogen (secondary N) is 3. The van der Waals surface area contributed by atoms with E-state index in [4.69, 9.17) is 21.1 Å². The smallest absolute Gasteiger partial charge is 0.261 e. The van der Waals surface area contributed by atoms with Gasteiger partial charge in [-0.15, -0.1) is 0 Å². The van der Waals surface area contributed by atoms with Gasteiger partial charge in [-0.05, 0) is 78.6 Å². The molecule has 0 saturated heterocycles. The van der Waals surface area contributed by atoms with Gasteiger partial charge in [0, 0.05) is 22.8 Å². The first kappa shape index (κ1) is 30.4. The summed E-state index contributed by atoms with van der Waals surface area (Å²) in [6, 6.07) is 21.3. The predicted octanol–water partition coefficient (Wildman–Crippen LogP) is 5.38. The molecule has 1 atom stereocenters. The molecule has 1 amide bonds. The number of fused-ring (bicyclic) bond motifs is 1. The van der Waals surface area contributed by atoms with E-state index in [9.17, 15) is 21.6 Å². The van der Waals surface area contributed by atoms with E-state index in [1.54, 1.807) is 0 Å². The third kappa shape index (κ3) is 6.62. The standard InChI is InChI=1S/C30H28ClN3O7S2/c1-40-28-17-25(27(18-29(28)41-2)34-43(38,39)22-12-8-20(31)9-13-22)30(35)32-21-10-14-23(15-11-21)42(36,37)33-26-16-7-19-5-3-4-6-24(19)26/h3-6,8-15,17-18,26,33-34H,7,16H2,1-2H3,(H,32,35). The Bertz CT molecular complexity index is 1880. The third-order valence-corrected chi connectivity index (χ3v) is 10.1. The van der Waals surface area contributed by atoms with Crippen molar-refractivity contribution in [2.24, 2.45) is 0 Å². The minimum Gasteiger partial charge on any atom is -0.493 e. The molecule has 0 fully saturated rings. The number of ether oxygens (including phenoxy) is 2. The summed E-state index contributed by atoms with van der Waals surface area (Å²) in [5, 5.41) is 3.05. The second kappa shape index (κ2) is 12.3. The van der Waals surface area contributed by atoms with Gasteiger partial charge in [-0.25, -0.2) is 21.6 Å². The van der Waals surface area contributed by atoms with Crippen molar-refractivity contribution >= 4 is 48.9 Å². The highest BCUT2D eigenvalue weighted by Gasteiger charge is 2.27. The molecule has 1 aliphatic carbocycles. The van der Waals surface area contributed by atoms with E-state index in [-0.39, 0.29) is 44.3 Å². The molecule has 10 nitrogen and oxygen atoms in total. The summed E-state index contributed by atoms with van der Waals surface area (Å²) in [6.45, 7) is 0. The lowest BCUT2D eigenvalue weighted by Gasteiger charge is -2.17. The van der Waals surface area contributed by atoms with Crippen LogP contribution in [0, 0.1) is 0 Å². The van der Waals surface area contributed by atoms with Gasteiger partial charge in [0.2, 0.25) is 10.0 Å². The number of rotatable bonds is 10. The second-order valence-corrected chi connectivity index (χ2v) is 13.5. The molecule has 1 aliphatic rings. The quantitative estimate of drug-likeness (QED) is 0.211. The van der Waals surface area contributed by atoms with Crippen LogP contribution in [0.5, 0.6) is 11.5 Å². The fourth-order valence-corrected chi connectivity index (χ4v) is 7.27. The average Bonchev–Trinajstić information content (AvgIpc) is 3.39. The fraction of sp³-hybridized carbons (Fsp3) is 0.167. The molecular weight excluding hydrogens is 614 g/mol. The van der Waals surface area contributed by atoms with Crippen molar-refractivity contribution in [1.29, 1.82) is 0 Å². The van der Waals surface area contributed by atoms with Gasteiger partial charge < -0.3 is 14.8 Å². The molecule has 3 N–H and O–H groups in total. The number of anilines is 2. The minimum atomic E-state index is -4.11. The summed E-state index contributed by atoms with van der Waals surface area (Å²) in [5.74, 6) is -0.283. The van der Waals surface area contributed by atoms with Crippen molar-refractivity contribution in [3.8, 4) is 11.5 Å². The Morgan fingerprint density at radius 1 is 0.814 bits per heavy atom. The molecule has 0 bridgehead atoms. The molecule has 4 aromatic carbocycles. The van der Waals surface area contributed by atoms with E-state index in [1.165, 1.54) is 74.9 Å². The van der Waals surface area contributed by atoms with Crippen LogP contribution >= 0.6 is 11.6 Å². The Morgan fingerprint density at radius 2 is 1.42 bits per heavy atom. The first-order chi connectivity index (χ1) is 20.5. The van der Waals surface area contributed by atoms with Crippen LogP contribution in [0.25, 0.3) is 0 Å². The van der Waals surface area contributed by atoms with Crippen molar-refractivity contribution in [2.75, 3.05) is 24.3 Å². The van der Waals surface area contributed by atoms with Crippen LogP contribution in [-0.2, 0) is 26.5 Å². The van der Waals surface area contributed by atoms with Gasteiger partial charge in [0.15, 0.2) is 11.5 Å².